The van der Waals surface area contributed by atoms with E-state index >= 15 is 0 Å². The molecule has 1 amide bonds. The van der Waals surface area contributed by atoms with Gasteiger partial charge in [-0.2, -0.15) is 0 Å². The molecular weight excluding hydrogens is 353 g/mol. The van der Waals surface area contributed by atoms with Gasteiger partial charge in [0.2, 0.25) is 0 Å². The van der Waals surface area contributed by atoms with Crippen molar-refractivity contribution in [2.75, 3.05) is 0 Å². The van der Waals surface area contributed by atoms with Gasteiger partial charge in [-0.05, 0) is 88.3 Å². The third-order valence-corrected chi connectivity index (χ3v) is 5.81. The number of carbonyl (C=O) groups excluding carboxylic acids is 1. The molecule has 148 valence electrons. The first-order valence-corrected chi connectivity index (χ1v) is 10.2. The molecule has 2 atom stereocenters. The zero-order valence-electron chi connectivity index (χ0n) is 16.8. The molecule has 2 aromatic carbocycles. The summed E-state index contributed by atoms with van der Waals surface area (Å²) in [7, 11) is 0. The standard InChI is InChI=1S/C24H28FNO2/c1-24(2,3)28-22-6-4-5-17(15-22)23(27)26-20-11-12-21(26)14-18(13-20)16-7-9-19(25)10-8-16/h4-10,15,18,20-21H,11-14H2,1-3H3. The van der Waals surface area contributed by atoms with Gasteiger partial charge in [0.15, 0.2) is 0 Å². The van der Waals surface area contributed by atoms with Crippen LogP contribution in [0.3, 0.4) is 0 Å². The van der Waals surface area contributed by atoms with Crippen LogP contribution in [0.5, 0.6) is 5.75 Å². The highest BCUT2D eigenvalue weighted by Crippen LogP contribution is 2.43. The Morgan fingerprint density at radius 1 is 1.04 bits per heavy atom. The Morgan fingerprint density at radius 3 is 2.29 bits per heavy atom. The molecule has 2 saturated heterocycles. The maximum atomic E-state index is 13.3. The summed E-state index contributed by atoms with van der Waals surface area (Å²) in [6, 6.07) is 14.9. The van der Waals surface area contributed by atoms with Crippen molar-refractivity contribution in [3.63, 3.8) is 0 Å². The predicted octanol–water partition coefficient (Wildman–Crippen LogP) is 5.55. The Kier molecular flexibility index (Phi) is 4.90. The summed E-state index contributed by atoms with van der Waals surface area (Å²) in [5, 5.41) is 0. The van der Waals surface area contributed by atoms with Gasteiger partial charge in [0.05, 0.1) is 0 Å². The number of hydrogen-bond acceptors (Lipinski definition) is 2. The van der Waals surface area contributed by atoms with Crippen molar-refractivity contribution in [1.29, 1.82) is 0 Å². The van der Waals surface area contributed by atoms with E-state index in [-0.39, 0.29) is 29.4 Å². The molecule has 4 heteroatoms. The minimum atomic E-state index is -0.297. The molecule has 2 bridgehead atoms. The zero-order chi connectivity index (χ0) is 19.9. The van der Waals surface area contributed by atoms with Gasteiger partial charge in [-0.1, -0.05) is 18.2 Å². The number of halogens is 1. The lowest BCUT2D eigenvalue weighted by Gasteiger charge is -2.39. The van der Waals surface area contributed by atoms with Crippen LogP contribution in [0.2, 0.25) is 0 Å². The van der Waals surface area contributed by atoms with Crippen molar-refractivity contribution in [3.05, 3.63) is 65.5 Å². The van der Waals surface area contributed by atoms with Crippen molar-refractivity contribution in [1.82, 2.24) is 4.90 Å². The Balaban J connectivity index is 1.51. The number of fused-ring (bicyclic) bond motifs is 2. The van der Waals surface area contributed by atoms with Crippen LogP contribution in [-0.4, -0.2) is 28.5 Å². The van der Waals surface area contributed by atoms with Gasteiger partial charge < -0.3 is 9.64 Å². The van der Waals surface area contributed by atoms with Gasteiger partial charge in [-0.25, -0.2) is 4.39 Å². The quantitative estimate of drug-likeness (QED) is 0.697. The largest absolute Gasteiger partial charge is 0.488 e. The van der Waals surface area contributed by atoms with Gasteiger partial charge in [-0.3, -0.25) is 4.79 Å². The second-order valence-corrected chi connectivity index (χ2v) is 9.06. The lowest BCUT2D eigenvalue weighted by Crippen LogP contribution is -2.46. The Hall–Kier alpha value is -2.36. The fourth-order valence-corrected chi connectivity index (χ4v) is 4.71. The number of rotatable bonds is 3. The van der Waals surface area contributed by atoms with E-state index in [9.17, 15) is 9.18 Å². The van der Waals surface area contributed by atoms with Gasteiger partial charge in [-0.15, -0.1) is 0 Å². The SMILES string of the molecule is CC(C)(C)Oc1cccc(C(=O)N2C3CCC2CC(c2ccc(F)cc2)C3)c1. The van der Waals surface area contributed by atoms with Crippen molar-refractivity contribution >= 4 is 5.91 Å². The number of benzene rings is 2. The second-order valence-electron chi connectivity index (χ2n) is 9.06. The molecule has 2 aliphatic heterocycles. The number of hydrogen-bond donors (Lipinski definition) is 0. The number of carbonyl (C=O) groups is 1. The van der Waals surface area contributed by atoms with E-state index in [2.05, 4.69) is 4.90 Å². The van der Waals surface area contributed by atoms with E-state index in [0.717, 1.165) is 31.4 Å². The molecule has 0 saturated carbocycles. The summed E-state index contributed by atoms with van der Waals surface area (Å²) >= 11 is 0. The minimum Gasteiger partial charge on any atom is -0.488 e. The first kappa shape index (κ1) is 19.0. The van der Waals surface area contributed by atoms with Crippen LogP contribution >= 0.6 is 0 Å². The van der Waals surface area contributed by atoms with E-state index in [0.29, 0.717) is 11.5 Å². The summed E-state index contributed by atoms with van der Waals surface area (Å²) in [5.74, 6) is 1.03. The number of nitrogens with zero attached hydrogens (tertiary/aromatic N) is 1. The van der Waals surface area contributed by atoms with Crippen LogP contribution in [0.1, 0.15) is 68.3 Å². The molecule has 2 aromatic rings. The first-order valence-electron chi connectivity index (χ1n) is 10.2. The Bertz CT molecular complexity index is 842. The molecule has 0 N–H and O–H groups in total. The van der Waals surface area contributed by atoms with Crippen LogP contribution in [0, 0.1) is 5.82 Å². The molecule has 3 nitrogen and oxygen atoms in total. The number of amides is 1. The van der Waals surface area contributed by atoms with E-state index < -0.39 is 0 Å². The van der Waals surface area contributed by atoms with Gasteiger partial charge in [0, 0.05) is 17.6 Å². The van der Waals surface area contributed by atoms with Crippen LogP contribution in [0.15, 0.2) is 48.5 Å². The molecular formula is C24H28FNO2. The smallest absolute Gasteiger partial charge is 0.254 e. The Labute approximate surface area is 166 Å². The third-order valence-electron chi connectivity index (χ3n) is 5.81. The molecule has 2 aliphatic rings. The number of piperidine rings is 1. The molecule has 0 aromatic heterocycles. The lowest BCUT2D eigenvalue weighted by atomic mass is 9.85. The molecule has 28 heavy (non-hydrogen) atoms. The van der Waals surface area contributed by atoms with Gasteiger partial charge >= 0.3 is 0 Å². The predicted molar refractivity (Wildman–Crippen MR) is 108 cm³/mol. The fourth-order valence-electron chi connectivity index (χ4n) is 4.71. The van der Waals surface area contributed by atoms with Crippen molar-refractivity contribution in [2.45, 2.75) is 70.1 Å². The van der Waals surface area contributed by atoms with E-state index in [1.54, 1.807) is 0 Å². The fraction of sp³-hybridized carbons (Fsp3) is 0.458. The summed E-state index contributed by atoms with van der Waals surface area (Å²) in [6.07, 6.45) is 4.00. The van der Waals surface area contributed by atoms with Crippen LogP contribution < -0.4 is 4.74 Å². The molecule has 0 spiro atoms. The summed E-state index contributed by atoms with van der Waals surface area (Å²) in [6.45, 7) is 6.01. The van der Waals surface area contributed by atoms with Crippen LogP contribution in [-0.2, 0) is 0 Å². The van der Waals surface area contributed by atoms with Crippen LogP contribution in [0.4, 0.5) is 4.39 Å². The highest BCUT2D eigenvalue weighted by molar-refractivity contribution is 5.95. The average Bonchev–Trinajstić information content (AvgIpc) is 2.90. The topological polar surface area (TPSA) is 29.5 Å². The summed E-state index contributed by atoms with van der Waals surface area (Å²) < 4.78 is 19.2. The Morgan fingerprint density at radius 2 is 1.68 bits per heavy atom. The van der Waals surface area contributed by atoms with E-state index in [1.165, 1.54) is 17.7 Å². The van der Waals surface area contributed by atoms with Gasteiger partial charge in [0.25, 0.3) is 5.91 Å². The van der Waals surface area contributed by atoms with Crippen LogP contribution in [0.25, 0.3) is 0 Å². The maximum Gasteiger partial charge on any atom is 0.254 e. The van der Waals surface area contributed by atoms with Crippen molar-refractivity contribution in [3.8, 4) is 5.75 Å². The normalized spacial score (nSPS) is 24.3. The first-order chi connectivity index (χ1) is 13.3. The van der Waals surface area contributed by atoms with E-state index in [1.807, 2.05) is 57.2 Å². The molecule has 0 aliphatic carbocycles. The molecule has 2 fully saturated rings. The van der Waals surface area contributed by atoms with E-state index in [4.69, 9.17) is 4.74 Å². The molecule has 4 rings (SSSR count). The number of ether oxygens (including phenoxy) is 1. The molecule has 2 heterocycles. The molecule has 0 radical (unpaired) electrons. The highest BCUT2D eigenvalue weighted by Gasteiger charge is 2.43. The molecule has 2 unspecified atom stereocenters. The second kappa shape index (κ2) is 7.23. The summed E-state index contributed by atoms with van der Waals surface area (Å²) in [5.41, 5.74) is 1.58. The monoisotopic (exact) mass is 381 g/mol. The maximum absolute atomic E-state index is 13.3. The van der Waals surface area contributed by atoms with Gasteiger partial charge in [0.1, 0.15) is 17.2 Å². The minimum absolute atomic E-state index is 0.101. The lowest BCUT2D eigenvalue weighted by molar-refractivity contribution is 0.0569. The van der Waals surface area contributed by atoms with Crippen molar-refractivity contribution in [2.24, 2.45) is 0 Å². The zero-order valence-corrected chi connectivity index (χ0v) is 16.8. The summed E-state index contributed by atoms with van der Waals surface area (Å²) in [4.78, 5) is 15.4. The highest BCUT2D eigenvalue weighted by atomic mass is 19.1. The third kappa shape index (κ3) is 3.91. The average molecular weight is 381 g/mol. The van der Waals surface area contributed by atoms with Crippen molar-refractivity contribution < 1.29 is 13.9 Å².